The Balaban J connectivity index is 1.99. The van der Waals surface area contributed by atoms with E-state index in [1.165, 1.54) is 12.0 Å². The molecular weight excluding hydrogens is 212 g/mol. The molecule has 1 heterocycles. The fourth-order valence-electron chi connectivity index (χ4n) is 2.45. The summed E-state index contributed by atoms with van der Waals surface area (Å²) in [5, 5.41) is 9.39. The molecule has 2 rings (SSSR count). The van der Waals surface area contributed by atoms with Gasteiger partial charge in [-0.05, 0) is 42.5 Å². The summed E-state index contributed by atoms with van der Waals surface area (Å²) in [6, 6.07) is 5.51. The zero-order chi connectivity index (χ0) is 12.4. The van der Waals surface area contributed by atoms with Gasteiger partial charge >= 0.3 is 0 Å². The molecule has 0 bridgehead atoms. The molecule has 1 aliphatic rings. The molecule has 1 aliphatic heterocycles. The van der Waals surface area contributed by atoms with Crippen molar-refractivity contribution < 1.29 is 5.11 Å². The first-order valence-electron chi connectivity index (χ1n) is 6.36. The van der Waals surface area contributed by atoms with E-state index >= 15 is 0 Å². The lowest BCUT2D eigenvalue weighted by Crippen LogP contribution is -2.37. The molecule has 0 spiro atoms. The van der Waals surface area contributed by atoms with Crippen molar-refractivity contribution in [3.05, 3.63) is 23.8 Å². The van der Waals surface area contributed by atoms with E-state index in [1.807, 2.05) is 12.1 Å². The lowest BCUT2D eigenvalue weighted by molar-refractivity contribution is 0.132. The van der Waals surface area contributed by atoms with Crippen molar-refractivity contribution in [3.8, 4) is 5.75 Å². The summed E-state index contributed by atoms with van der Waals surface area (Å²) >= 11 is 0. The van der Waals surface area contributed by atoms with E-state index in [0.29, 0.717) is 5.69 Å². The van der Waals surface area contributed by atoms with Crippen molar-refractivity contribution >= 4 is 5.69 Å². The molecule has 3 N–H and O–H groups in total. The van der Waals surface area contributed by atoms with E-state index < -0.39 is 0 Å². The Labute approximate surface area is 103 Å². The highest BCUT2D eigenvalue weighted by atomic mass is 16.3. The summed E-state index contributed by atoms with van der Waals surface area (Å²) in [4.78, 5) is 2.47. The zero-order valence-corrected chi connectivity index (χ0v) is 10.7. The topological polar surface area (TPSA) is 49.5 Å². The second-order valence-corrected chi connectivity index (χ2v) is 5.37. The van der Waals surface area contributed by atoms with Gasteiger partial charge in [-0.25, -0.2) is 0 Å². The number of rotatable bonds is 2. The molecule has 1 aromatic rings. The number of nitrogens with zero attached hydrogens (tertiary/aromatic N) is 1. The number of phenolic OH excluding ortho intramolecular Hbond substituents is 1. The lowest BCUT2D eigenvalue weighted by Gasteiger charge is -2.35. The molecule has 0 aromatic heterocycles. The van der Waals surface area contributed by atoms with Crippen LogP contribution in [-0.2, 0) is 6.54 Å². The standard InChI is InChI=1S/C14H22N2O/c1-10-5-6-16(8-11(10)2)9-12-3-4-14(17)13(15)7-12/h3-4,7,10-11,17H,5-6,8-9,15H2,1-2H3. The van der Waals surface area contributed by atoms with E-state index in [0.717, 1.165) is 31.5 Å². The molecule has 0 aliphatic carbocycles. The molecule has 1 fully saturated rings. The fraction of sp³-hybridized carbons (Fsp3) is 0.571. The highest BCUT2D eigenvalue weighted by Gasteiger charge is 2.22. The highest BCUT2D eigenvalue weighted by molar-refractivity contribution is 5.53. The average Bonchev–Trinajstić information content (AvgIpc) is 2.29. The van der Waals surface area contributed by atoms with Crippen LogP contribution in [0.4, 0.5) is 5.69 Å². The molecule has 17 heavy (non-hydrogen) atoms. The number of anilines is 1. The van der Waals surface area contributed by atoms with E-state index in [9.17, 15) is 5.11 Å². The zero-order valence-electron chi connectivity index (χ0n) is 10.7. The third-order valence-electron chi connectivity index (χ3n) is 3.92. The van der Waals surface area contributed by atoms with Gasteiger partial charge in [-0.15, -0.1) is 0 Å². The Bertz CT molecular complexity index is 392. The minimum absolute atomic E-state index is 0.175. The maximum absolute atomic E-state index is 9.39. The number of hydrogen-bond acceptors (Lipinski definition) is 3. The molecule has 1 aromatic carbocycles. The molecule has 0 radical (unpaired) electrons. The van der Waals surface area contributed by atoms with Crippen LogP contribution in [0.3, 0.4) is 0 Å². The van der Waals surface area contributed by atoms with Gasteiger partial charge in [-0.2, -0.15) is 0 Å². The van der Waals surface area contributed by atoms with Crippen LogP contribution in [0.5, 0.6) is 5.75 Å². The number of phenols is 1. The number of hydrogen-bond donors (Lipinski definition) is 2. The minimum atomic E-state index is 0.175. The molecule has 3 heteroatoms. The van der Waals surface area contributed by atoms with Crippen LogP contribution < -0.4 is 5.73 Å². The van der Waals surface area contributed by atoms with Crippen LogP contribution in [0.15, 0.2) is 18.2 Å². The number of benzene rings is 1. The predicted molar refractivity (Wildman–Crippen MR) is 70.7 cm³/mol. The largest absolute Gasteiger partial charge is 0.506 e. The first kappa shape index (κ1) is 12.2. The Morgan fingerprint density at radius 1 is 1.35 bits per heavy atom. The van der Waals surface area contributed by atoms with Crippen LogP contribution in [-0.4, -0.2) is 23.1 Å². The number of aromatic hydroxyl groups is 1. The first-order valence-corrected chi connectivity index (χ1v) is 6.36. The maximum atomic E-state index is 9.39. The number of nitrogens with two attached hydrogens (primary N) is 1. The van der Waals surface area contributed by atoms with E-state index in [2.05, 4.69) is 18.7 Å². The molecule has 0 amide bonds. The van der Waals surface area contributed by atoms with Crippen molar-refractivity contribution in [2.24, 2.45) is 11.8 Å². The predicted octanol–water partition coefficient (Wildman–Crippen LogP) is 2.45. The summed E-state index contributed by atoms with van der Waals surface area (Å²) in [5.74, 6) is 1.77. The Hall–Kier alpha value is -1.22. The van der Waals surface area contributed by atoms with Crippen molar-refractivity contribution in [1.29, 1.82) is 0 Å². The molecule has 94 valence electrons. The van der Waals surface area contributed by atoms with Crippen molar-refractivity contribution in [3.63, 3.8) is 0 Å². The first-order chi connectivity index (χ1) is 8.06. The maximum Gasteiger partial charge on any atom is 0.138 e. The quantitative estimate of drug-likeness (QED) is 0.610. The van der Waals surface area contributed by atoms with Gasteiger partial charge in [0.1, 0.15) is 5.75 Å². The van der Waals surface area contributed by atoms with Gasteiger partial charge in [0.15, 0.2) is 0 Å². The van der Waals surface area contributed by atoms with Gasteiger partial charge in [-0.3, -0.25) is 4.90 Å². The van der Waals surface area contributed by atoms with Gasteiger partial charge in [-0.1, -0.05) is 19.9 Å². The van der Waals surface area contributed by atoms with Crippen LogP contribution in [0.2, 0.25) is 0 Å². The number of piperidine rings is 1. The lowest BCUT2D eigenvalue weighted by atomic mass is 9.88. The van der Waals surface area contributed by atoms with Crippen molar-refractivity contribution in [1.82, 2.24) is 4.90 Å². The average molecular weight is 234 g/mol. The summed E-state index contributed by atoms with van der Waals surface area (Å²) < 4.78 is 0. The molecule has 3 nitrogen and oxygen atoms in total. The summed E-state index contributed by atoms with van der Waals surface area (Å²) in [5.41, 5.74) is 7.36. The smallest absolute Gasteiger partial charge is 0.138 e. The minimum Gasteiger partial charge on any atom is -0.506 e. The van der Waals surface area contributed by atoms with Gasteiger partial charge in [0.2, 0.25) is 0 Å². The number of likely N-dealkylation sites (tertiary alicyclic amines) is 1. The van der Waals surface area contributed by atoms with Gasteiger partial charge in [0, 0.05) is 13.1 Å². The highest BCUT2D eigenvalue weighted by Crippen LogP contribution is 2.25. The van der Waals surface area contributed by atoms with Crippen LogP contribution in [0, 0.1) is 11.8 Å². The fourth-order valence-corrected chi connectivity index (χ4v) is 2.45. The van der Waals surface area contributed by atoms with Crippen molar-refractivity contribution in [2.45, 2.75) is 26.8 Å². The Morgan fingerprint density at radius 3 is 2.76 bits per heavy atom. The second-order valence-electron chi connectivity index (χ2n) is 5.37. The Kier molecular flexibility index (Phi) is 3.57. The Morgan fingerprint density at radius 2 is 2.12 bits per heavy atom. The number of nitrogen functional groups attached to an aromatic ring is 1. The summed E-state index contributed by atoms with van der Waals surface area (Å²) in [7, 11) is 0. The monoisotopic (exact) mass is 234 g/mol. The van der Waals surface area contributed by atoms with Gasteiger partial charge in [0.25, 0.3) is 0 Å². The summed E-state index contributed by atoms with van der Waals surface area (Å²) in [6.07, 6.45) is 1.27. The molecular formula is C14H22N2O. The van der Waals surface area contributed by atoms with E-state index in [1.54, 1.807) is 6.07 Å². The van der Waals surface area contributed by atoms with Gasteiger partial charge in [0.05, 0.1) is 5.69 Å². The molecule has 2 atom stereocenters. The second kappa shape index (κ2) is 4.96. The normalized spacial score (nSPS) is 26.0. The summed E-state index contributed by atoms with van der Waals surface area (Å²) in [6.45, 7) is 7.90. The van der Waals surface area contributed by atoms with Gasteiger partial charge < -0.3 is 10.8 Å². The SMILES string of the molecule is CC1CCN(Cc2ccc(O)c(N)c2)CC1C. The molecule has 1 saturated heterocycles. The van der Waals surface area contributed by atoms with Crippen LogP contribution in [0.25, 0.3) is 0 Å². The van der Waals surface area contributed by atoms with Crippen molar-refractivity contribution in [2.75, 3.05) is 18.8 Å². The molecule has 0 saturated carbocycles. The molecule has 2 unspecified atom stereocenters. The van der Waals surface area contributed by atoms with Crippen LogP contribution in [0.1, 0.15) is 25.8 Å². The van der Waals surface area contributed by atoms with Crippen LogP contribution >= 0.6 is 0 Å². The third-order valence-corrected chi connectivity index (χ3v) is 3.92. The van der Waals surface area contributed by atoms with E-state index in [-0.39, 0.29) is 5.75 Å². The van der Waals surface area contributed by atoms with E-state index in [4.69, 9.17) is 5.73 Å². The third kappa shape index (κ3) is 2.91.